The summed E-state index contributed by atoms with van der Waals surface area (Å²) in [5, 5.41) is 14.6. The van der Waals surface area contributed by atoms with Gasteiger partial charge in [0, 0.05) is 17.2 Å². The predicted molar refractivity (Wildman–Crippen MR) is 81.9 cm³/mol. The Morgan fingerprint density at radius 1 is 1.33 bits per heavy atom. The summed E-state index contributed by atoms with van der Waals surface area (Å²) in [6.07, 6.45) is 0. The van der Waals surface area contributed by atoms with Crippen molar-refractivity contribution in [2.24, 2.45) is 0 Å². The summed E-state index contributed by atoms with van der Waals surface area (Å²) in [6.45, 7) is 1.81. The third-order valence-corrected chi connectivity index (χ3v) is 3.39. The summed E-state index contributed by atoms with van der Waals surface area (Å²) in [6, 6.07) is 5.98. The molecule has 1 N–H and O–H groups in total. The molecule has 0 fully saturated rings. The van der Waals surface area contributed by atoms with Crippen molar-refractivity contribution in [1.29, 1.82) is 0 Å². The topological polar surface area (TPSA) is 77.3 Å². The highest BCUT2D eigenvalue weighted by molar-refractivity contribution is 6.31. The molecule has 8 heteroatoms. The molecule has 6 nitrogen and oxygen atoms in total. The fourth-order valence-corrected chi connectivity index (χ4v) is 2.03. The van der Waals surface area contributed by atoms with Crippen LogP contribution in [0.4, 0.5) is 17.2 Å². The summed E-state index contributed by atoms with van der Waals surface area (Å²) in [7, 11) is 1.48. The molecular weight excluding hydrogens is 317 g/mol. The first kappa shape index (κ1) is 15.3. The number of rotatable bonds is 4. The van der Waals surface area contributed by atoms with E-state index in [0.29, 0.717) is 16.5 Å². The largest absolute Gasteiger partial charge is 0.495 e. The van der Waals surface area contributed by atoms with E-state index in [1.807, 2.05) is 6.92 Å². The number of ether oxygens (including phenoxy) is 1. The Balaban J connectivity index is 2.49. The van der Waals surface area contributed by atoms with Gasteiger partial charge in [-0.05, 0) is 24.6 Å². The quantitative estimate of drug-likeness (QED) is 0.513. The predicted octanol–water partition coefficient (Wildman–Crippen LogP) is 4.36. The molecule has 0 amide bonds. The highest BCUT2D eigenvalue weighted by Gasteiger charge is 2.18. The van der Waals surface area contributed by atoms with Crippen molar-refractivity contribution < 1.29 is 9.66 Å². The first-order chi connectivity index (χ1) is 9.92. The Morgan fingerprint density at radius 3 is 2.67 bits per heavy atom. The molecule has 2 rings (SSSR count). The summed E-state index contributed by atoms with van der Waals surface area (Å²) >= 11 is 11.8. The van der Waals surface area contributed by atoms with Gasteiger partial charge in [0.15, 0.2) is 0 Å². The summed E-state index contributed by atoms with van der Waals surface area (Å²) in [5.74, 6) is 0.481. The number of nitrogens with one attached hydrogen (secondary N) is 1. The number of aryl methyl sites for hydroxylation is 1. The highest BCUT2D eigenvalue weighted by Crippen LogP contribution is 2.35. The molecule has 1 aromatic carbocycles. The lowest BCUT2D eigenvalue weighted by Gasteiger charge is -2.12. The smallest absolute Gasteiger partial charge is 0.311 e. The fourth-order valence-electron chi connectivity index (χ4n) is 1.72. The van der Waals surface area contributed by atoms with Crippen molar-refractivity contribution in [2.45, 2.75) is 6.92 Å². The molecule has 0 aliphatic heterocycles. The van der Waals surface area contributed by atoms with Gasteiger partial charge in [0.1, 0.15) is 10.9 Å². The number of aromatic nitrogens is 1. The van der Waals surface area contributed by atoms with E-state index in [-0.39, 0.29) is 16.7 Å². The molecule has 0 saturated carbocycles. The molecule has 0 saturated heterocycles. The van der Waals surface area contributed by atoms with Gasteiger partial charge in [-0.1, -0.05) is 23.2 Å². The SMILES string of the molecule is COc1cc(Cl)c(C)cc1Nc1nc(Cl)ccc1[N+](=O)[O-]. The van der Waals surface area contributed by atoms with Crippen LogP contribution in [-0.2, 0) is 0 Å². The number of benzene rings is 1. The highest BCUT2D eigenvalue weighted by atomic mass is 35.5. The summed E-state index contributed by atoms with van der Waals surface area (Å²) < 4.78 is 5.21. The molecule has 0 radical (unpaired) electrons. The monoisotopic (exact) mass is 327 g/mol. The Bertz CT molecular complexity index is 707. The van der Waals surface area contributed by atoms with Crippen LogP contribution in [0.2, 0.25) is 10.2 Å². The molecule has 0 unspecified atom stereocenters. The van der Waals surface area contributed by atoms with Gasteiger partial charge in [-0.3, -0.25) is 10.1 Å². The molecule has 0 aliphatic rings. The average molecular weight is 328 g/mol. The first-order valence-corrected chi connectivity index (χ1v) is 6.60. The Kier molecular flexibility index (Phi) is 4.50. The van der Waals surface area contributed by atoms with Crippen LogP contribution in [0.25, 0.3) is 0 Å². The number of halogens is 2. The Hall–Kier alpha value is -2.05. The van der Waals surface area contributed by atoms with E-state index in [1.54, 1.807) is 12.1 Å². The van der Waals surface area contributed by atoms with Crippen LogP contribution >= 0.6 is 23.2 Å². The zero-order chi connectivity index (χ0) is 15.6. The van der Waals surface area contributed by atoms with Crippen molar-refractivity contribution in [2.75, 3.05) is 12.4 Å². The standard InChI is InChI=1S/C13H11Cl2N3O3/c1-7-5-9(11(21-2)6-8(7)14)16-13-10(18(19)20)3-4-12(15)17-13/h3-6H,1-2H3,(H,16,17). The molecule has 21 heavy (non-hydrogen) atoms. The Labute approximate surface area is 130 Å². The molecule has 0 aliphatic carbocycles. The fraction of sp³-hybridized carbons (Fsp3) is 0.154. The summed E-state index contributed by atoms with van der Waals surface area (Å²) in [4.78, 5) is 14.4. The van der Waals surface area contributed by atoms with E-state index in [1.165, 1.54) is 19.2 Å². The summed E-state index contributed by atoms with van der Waals surface area (Å²) in [5.41, 5.74) is 1.12. The molecular formula is C13H11Cl2N3O3. The number of nitro groups is 1. The Morgan fingerprint density at radius 2 is 2.05 bits per heavy atom. The van der Waals surface area contributed by atoms with Gasteiger partial charge in [0.25, 0.3) is 0 Å². The van der Waals surface area contributed by atoms with Gasteiger partial charge >= 0.3 is 5.69 Å². The van der Waals surface area contributed by atoms with Crippen molar-refractivity contribution in [1.82, 2.24) is 4.98 Å². The number of nitrogens with zero attached hydrogens (tertiary/aromatic N) is 2. The van der Waals surface area contributed by atoms with Crippen LogP contribution in [0.15, 0.2) is 24.3 Å². The second-order valence-corrected chi connectivity index (χ2v) is 4.98. The van der Waals surface area contributed by atoms with E-state index in [0.717, 1.165) is 5.56 Å². The van der Waals surface area contributed by atoms with E-state index in [9.17, 15) is 10.1 Å². The number of pyridine rings is 1. The van der Waals surface area contributed by atoms with Gasteiger partial charge < -0.3 is 10.1 Å². The van der Waals surface area contributed by atoms with E-state index >= 15 is 0 Å². The minimum Gasteiger partial charge on any atom is -0.495 e. The molecule has 0 atom stereocenters. The van der Waals surface area contributed by atoms with Gasteiger partial charge in [-0.2, -0.15) is 0 Å². The van der Waals surface area contributed by atoms with Crippen LogP contribution in [0.1, 0.15) is 5.56 Å². The van der Waals surface area contributed by atoms with Crippen LogP contribution in [0.3, 0.4) is 0 Å². The molecule has 0 spiro atoms. The number of hydrogen-bond donors (Lipinski definition) is 1. The van der Waals surface area contributed by atoms with Gasteiger partial charge in [0.2, 0.25) is 5.82 Å². The maximum atomic E-state index is 11.0. The van der Waals surface area contributed by atoms with Crippen LogP contribution in [0, 0.1) is 17.0 Å². The lowest BCUT2D eigenvalue weighted by Crippen LogP contribution is -2.01. The first-order valence-electron chi connectivity index (χ1n) is 5.84. The van der Waals surface area contributed by atoms with Crippen LogP contribution in [-0.4, -0.2) is 17.0 Å². The van der Waals surface area contributed by atoms with Crippen molar-refractivity contribution in [3.05, 3.63) is 50.1 Å². The lowest BCUT2D eigenvalue weighted by atomic mass is 10.2. The van der Waals surface area contributed by atoms with Gasteiger partial charge in [-0.25, -0.2) is 4.98 Å². The number of methoxy groups -OCH3 is 1. The minimum atomic E-state index is -0.541. The molecule has 1 heterocycles. The van der Waals surface area contributed by atoms with E-state index in [2.05, 4.69) is 10.3 Å². The zero-order valence-electron chi connectivity index (χ0n) is 11.2. The normalized spacial score (nSPS) is 10.3. The number of hydrogen-bond acceptors (Lipinski definition) is 5. The maximum absolute atomic E-state index is 11.0. The van der Waals surface area contributed by atoms with Crippen LogP contribution in [0.5, 0.6) is 5.75 Å². The third-order valence-electron chi connectivity index (χ3n) is 2.77. The van der Waals surface area contributed by atoms with Gasteiger partial charge in [0.05, 0.1) is 17.7 Å². The van der Waals surface area contributed by atoms with E-state index in [4.69, 9.17) is 27.9 Å². The second kappa shape index (κ2) is 6.15. The van der Waals surface area contributed by atoms with Crippen molar-refractivity contribution in [3.8, 4) is 5.75 Å². The van der Waals surface area contributed by atoms with Crippen molar-refractivity contribution in [3.63, 3.8) is 0 Å². The van der Waals surface area contributed by atoms with Crippen molar-refractivity contribution >= 4 is 40.4 Å². The number of anilines is 2. The average Bonchev–Trinajstić information content (AvgIpc) is 2.42. The maximum Gasteiger partial charge on any atom is 0.311 e. The molecule has 1 aromatic heterocycles. The zero-order valence-corrected chi connectivity index (χ0v) is 12.7. The molecule has 0 bridgehead atoms. The van der Waals surface area contributed by atoms with Crippen LogP contribution < -0.4 is 10.1 Å². The second-order valence-electron chi connectivity index (χ2n) is 4.19. The minimum absolute atomic E-state index is 0.0347. The lowest BCUT2D eigenvalue weighted by molar-refractivity contribution is -0.384. The molecule has 110 valence electrons. The molecule has 2 aromatic rings. The van der Waals surface area contributed by atoms with Gasteiger partial charge in [-0.15, -0.1) is 0 Å². The van der Waals surface area contributed by atoms with E-state index < -0.39 is 4.92 Å². The third kappa shape index (κ3) is 3.34.